The molecule has 19 heavy (non-hydrogen) atoms. The topological polar surface area (TPSA) is 125 Å². The van der Waals surface area contributed by atoms with Gasteiger partial charge in [0.2, 0.25) is 5.91 Å². The lowest BCUT2D eigenvalue weighted by atomic mass is 10.2. The van der Waals surface area contributed by atoms with Crippen molar-refractivity contribution in [3.63, 3.8) is 0 Å². The van der Waals surface area contributed by atoms with E-state index in [0.29, 0.717) is 0 Å². The zero-order valence-electron chi connectivity index (χ0n) is 10.2. The number of benzene rings is 1. The van der Waals surface area contributed by atoms with Crippen molar-refractivity contribution in [2.45, 2.75) is 13.3 Å². The number of methoxy groups -OCH3 is 1. The average molecular weight is 269 g/mol. The molecule has 0 aliphatic carbocycles. The van der Waals surface area contributed by atoms with Crippen LogP contribution in [0.5, 0.6) is 5.75 Å². The molecule has 102 valence electrons. The molecule has 1 amide bonds. The second-order valence-electron chi connectivity index (χ2n) is 3.46. The van der Waals surface area contributed by atoms with Crippen LogP contribution in [0, 0.1) is 20.2 Å². The molecular formula is C10H11N3O6. The van der Waals surface area contributed by atoms with Crippen molar-refractivity contribution in [3.8, 4) is 5.75 Å². The van der Waals surface area contributed by atoms with Gasteiger partial charge in [-0.2, -0.15) is 0 Å². The summed E-state index contributed by atoms with van der Waals surface area (Å²) in [5.74, 6) is -0.863. The fourth-order valence-corrected chi connectivity index (χ4v) is 1.40. The molecule has 0 saturated heterocycles. The van der Waals surface area contributed by atoms with Crippen LogP contribution in [0.4, 0.5) is 17.1 Å². The number of hydrogen-bond donors (Lipinski definition) is 1. The molecule has 0 heterocycles. The van der Waals surface area contributed by atoms with Crippen LogP contribution >= 0.6 is 0 Å². The molecule has 0 bridgehead atoms. The van der Waals surface area contributed by atoms with Crippen LogP contribution in [-0.4, -0.2) is 22.9 Å². The highest BCUT2D eigenvalue weighted by molar-refractivity contribution is 5.91. The molecular weight excluding hydrogens is 258 g/mol. The highest BCUT2D eigenvalue weighted by Gasteiger charge is 2.28. The molecule has 9 nitrogen and oxygen atoms in total. The molecule has 0 fully saturated rings. The molecule has 0 spiro atoms. The highest BCUT2D eigenvalue weighted by atomic mass is 16.6. The van der Waals surface area contributed by atoms with Crippen molar-refractivity contribution >= 4 is 23.0 Å². The Morgan fingerprint density at radius 1 is 1.26 bits per heavy atom. The number of carbonyl (C=O) groups is 1. The van der Waals surface area contributed by atoms with E-state index in [2.05, 4.69) is 10.1 Å². The Morgan fingerprint density at radius 3 is 2.05 bits per heavy atom. The van der Waals surface area contributed by atoms with E-state index in [1.54, 1.807) is 6.92 Å². The van der Waals surface area contributed by atoms with E-state index < -0.39 is 32.9 Å². The number of nitro benzene ring substituents is 2. The fraction of sp³-hybridized carbons (Fsp3) is 0.300. The SMILES string of the molecule is CCC(=O)Nc1cc([N+](=O)[O-])c(OC)c([N+](=O)[O-])c1. The van der Waals surface area contributed by atoms with Gasteiger partial charge in [0.15, 0.2) is 0 Å². The summed E-state index contributed by atoms with van der Waals surface area (Å²) in [6.45, 7) is 1.59. The molecule has 0 saturated carbocycles. The first-order valence-electron chi connectivity index (χ1n) is 5.21. The van der Waals surface area contributed by atoms with E-state index in [0.717, 1.165) is 19.2 Å². The van der Waals surface area contributed by atoms with Gasteiger partial charge in [-0.25, -0.2) is 0 Å². The van der Waals surface area contributed by atoms with E-state index >= 15 is 0 Å². The Morgan fingerprint density at radius 2 is 1.74 bits per heavy atom. The maximum atomic E-state index is 11.2. The lowest BCUT2D eigenvalue weighted by molar-refractivity contribution is -0.395. The van der Waals surface area contributed by atoms with Crippen LogP contribution in [0.1, 0.15) is 13.3 Å². The van der Waals surface area contributed by atoms with Gasteiger partial charge in [-0.3, -0.25) is 25.0 Å². The van der Waals surface area contributed by atoms with E-state index in [9.17, 15) is 25.0 Å². The zero-order chi connectivity index (χ0) is 14.6. The van der Waals surface area contributed by atoms with Gasteiger partial charge < -0.3 is 10.1 Å². The zero-order valence-corrected chi connectivity index (χ0v) is 10.2. The molecule has 0 aromatic heterocycles. The predicted octanol–water partition coefficient (Wildman–Crippen LogP) is 1.86. The van der Waals surface area contributed by atoms with Crippen molar-refractivity contribution in [3.05, 3.63) is 32.4 Å². The van der Waals surface area contributed by atoms with Crippen LogP contribution in [0.15, 0.2) is 12.1 Å². The summed E-state index contributed by atoms with van der Waals surface area (Å²) >= 11 is 0. The van der Waals surface area contributed by atoms with Crippen LogP contribution in [0.25, 0.3) is 0 Å². The van der Waals surface area contributed by atoms with Crippen molar-refractivity contribution < 1.29 is 19.4 Å². The lowest BCUT2D eigenvalue weighted by Crippen LogP contribution is -2.10. The van der Waals surface area contributed by atoms with Crippen molar-refractivity contribution in [1.82, 2.24) is 0 Å². The summed E-state index contributed by atoms with van der Waals surface area (Å²) in [4.78, 5) is 31.3. The normalized spacial score (nSPS) is 9.79. The molecule has 1 aromatic rings. The summed E-state index contributed by atoms with van der Waals surface area (Å²) < 4.78 is 4.69. The molecule has 0 aliphatic rings. The third-order valence-electron chi connectivity index (χ3n) is 2.25. The fourth-order valence-electron chi connectivity index (χ4n) is 1.40. The van der Waals surface area contributed by atoms with Crippen molar-refractivity contribution in [2.75, 3.05) is 12.4 Å². The number of hydrogen-bond acceptors (Lipinski definition) is 6. The number of nitrogens with one attached hydrogen (secondary N) is 1. The monoisotopic (exact) mass is 269 g/mol. The number of amides is 1. The molecule has 0 atom stereocenters. The first kappa shape index (κ1) is 14.4. The van der Waals surface area contributed by atoms with Crippen LogP contribution in [0.3, 0.4) is 0 Å². The van der Waals surface area contributed by atoms with Gasteiger partial charge in [0.05, 0.1) is 22.6 Å². The minimum atomic E-state index is -0.812. The Kier molecular flexibility index (Phi) is 4.35. The van der Waals surface area contributed by atoms with Gasteiger partial charge in [0.1, 0.15) is 0 Å². The van der Waals surface area contributed by atoms with Crippen molar-refractivity contribution in [2.24, 2.45) is 0 Å². The van der Waals surface area contributed by atoms with Gasteiger partial charge in [0, 0.05) is 18.6 Å². The maximum Gasteiger partial charge on any atom is 0.320 e. The maximum absolute atomic E-state index is 11.2. The molecule has 0 unspecified atom stereocenters. The molecule has 9 heteroatoms. The van der Waals surface area contributed by atoms with E-state index in [4.69, 9.17) is 0 Å². The largest absolute Gasteiger partial charge is 0.485 e. The third kappa shape index (κ3) is 3.15. The molecule has 0 radical (unpaired) electrons. The quantitative estimate of drug-likeness (QED) is 0.642. The first-order valence-corrected chi connectivity index (χ1v) is 5.21. The van der Waals surface area contributed by atoms with Crippen LogP contribution in [-0.2, 0) is 4.79 Å². The summed E-state index contributed by atoms with van der Waals surface area (Å²) in [7, 11) is 1.10. The average Bonchev–Trinajstić information content (AvgIpc) is 2.37. The van der Waals surface area contributed by atoms with Gasteiger partial charge in [0.25, 0.3) is 5.75 Å². The Balaban J connectivity index is 3.41. The third-order valence-corrected chi connectivity index (χ3v) is 2.25. The second-order valence-corrected chi connectivity index (χ2v) is 3.46. The van der Waals surface area contributed by atoms with Crippen LogP contribution < -0.4 is 10.1 Å². The van der Waals surface area contributed by atoms with E-state index in [-0.39, 0.29) is 12.1 Å². The molecule has 0 aliphatic heterocycles. The summed E-state index contributed by atoms with van der Waals surface area (Å²) in [6.07, 6.45) is 0.146. The Hall–Kier alpha value is -2.71. The Labute approximate surface area is 107 Å². The number of carbonyl (C=O) groups excluding carboxylic acids is 1. The minimum absolute atomic E-state index is 0.0222. The molecule has 1 rings (SSSR count). The number of anilines is 1. The first-order chi connectivity index (χ1) is 8.90. The highest BCUT2D eigenvalue weighted by Crippen LogP contribution is 2.39. The summed E-state index contributed by atoms with van der Waals surface area (Å²) in [5, 5.41) is 24.0. The molecule has 1 aromatic carbocycles. The van der Waals surface area contributed by atoms with Gasteiger partial charge in [-0.1, -0.05) is 6.92 Å². The second kappa shape index (κ2) is 5.76. The van der Waals surface area contributed by atoms with E-state index in [1.165, 1.54) is 0 Å². The predicted molar refractivity (Wildman–Crippen MR) is 65.2 cm³/mol. The van der Waals surface area contributed by atoms with E-state index in [1.807, 2.05) is 0 Å². The number of ether oxygens (including phenoxy) is 1. The standard InChI is InChI=1S/C10H11N3O6/c1-3-9(14)11-6-4-7(12(15)16)10(19-2)8(5-6)13(17)18/h4-5H,3H2,1-2H3,(H,11,14). The summed E-state index contributed by atoms with van der Waals surface area (Å²) in [5.41, 5.74) is -1.18. The molecule has 1 N–H and O–H groups in total. The number of nitro groups is 2. The van der Waals surface area contributed by atoms with Gasteiger partial charge >= 0.3 is 11.4 Å². The van der Waals surface area contributed by atoms with Gasteiger partial charge in [-0.05, 0) is 0 Å². The minimum Gasteiger partial charge on any atom is -0.485 e. The smallest absolute Gasteiger partial charge is 0.320 e. The van der Waals surface area contributed by atoms with Crippen LogP contribution in [0.2, 0.25) is 0 Å². The summed E-state index contributed by atoms with van der Waals surface area (Å²) in [6, 6.07) is 2.03. The number of nitrogens with zero attached hydrogens (tertiary/aromatic N) is 2. The number of rotatable bonds is 5. The van der Waals surface area contributed by atoms with Crippen molar-refractivity contribution in [1.29, 1.82) is 0 Å². The lowest BCUT2D eigenvalue weighted by Gasteiger charge is -2.07. The Bertz CT molecular complexity index is 507. The van der Waals surface area contributed by atoms with Gasteiger partial charge in [-0.15, -0.1) is 0 Å².